The zero-order chi connectivity index (χ0) is 2.71. The fourth-order valence-electron chi connectivity index (χ4n) is 0. The van der Waals surface area contributed by atoms with E-state index in [9.17, 15) is 0 Å². The van der Waals surface area contributed by atoms with Gasteiger partial charge in [0.2, 0.25) is 0 Å². The average Bonchev–Trinajstić information content (AvgIpc) is 0.918. The first kappa shape index (κ1) is 8.87. The summed E-state index contributed by atoms with van der Waals surface area (Å²) in [4.78, 5) is 6.99. The number of hydrogen-bond donors (Lipinski definition) is 1. The molecule has 0 bridgehead atoms. The van der Waals surface area contributed by atoms with E-state index >= 15 is 0 Å². The van der Waals surface area contributed by atoms with Gasteiger partial charge in [0.15, 0.2) is 0 Å². The molecular weight excluding hydrogens is 154 g/mol. The van der Waals surface area contributed by atoms with Gasteiger partial charge < -0.3 is 4.89 Å². The van der Waals surface area contributed by atoms with Gasteiger partial charge in [-0.3, -0.25) is 0 Å². The molecule has 0 rings (SSSR count). The van der Waals surface area contributed by atoms with Crippen LogP contribution in [0.2, 0.25) is 0 Å². The Balaban J connectivity index is 0. The predicted octanol–water partition coefficient (Wildman–Crippen LogP) is 0.183. The zero-order valence-electron chi connectivity index (χ0n) is 1.80. The molecule has 0 amide bonds. The maximum absolute atomic E-state index is 8.46. The van der Waals surface area contributed by atoms with Crippen LogP contribution < -0.4 is 0 Å². The van der Waals surface area contributed by atoms with Crippen LogP contribution in [0.1, 0.15) is 0 Å². The quantitative estimate of drug-likeness (QED) is 0.507. The van der Waals surface area contributed by atoms with Crippen molar-refractivity contribution in [3.05, 3.63) is 0 Å². The molecule has 1 N–H and O–H groups in total. The first-order valence-corrected chi connectivity index (χ1v) is 1.15. The summed E-state index contributed by atoms with van der Waals surface area (Å²) in [6.45, 7) is 0. The van der Waals surface area contributed by atoms with Crippen LogP contribution >= 0.6 is 8.69 Å². The van der Waals surface area contributed by atoms with Crippen molar-refractivity contribution in [1.29, 1.82) is 0 Å². The van der Waals surface area contributed by atoms with Gasteiger partial charge >= 0.3 is 8.69 Å². The summed E-state index contributed by atoms with van der Waals surface area (Å²) in [7, 11) is -0.833. The van der Waals surface area contributed by atoms with Crippen molar-refractivity contribution >= 4 is 8.69 Å². The van der Waals surface area contributed by atoms with Crippen LogP contribution in [0.25, 0.3) is 0 Å². The smallest absolute Gasteiger partial charge is 0.310 e. The summed E-state index contributed by atoms with van der Waals surface area (Å²) < 4.78 is 8.46. The van der Waals surface area contributed by atoms with Gasteiger partial charge in [-0.2, -0.15) is 0 Å². The van der Waals surface area contributed by atoms with Crippen LogP contribution in [-0.2, 0) is 30.8 Å². The van der Waals surface area contributed by atoms with Crippen LogP contribution in [0.5, 0.6) is 0 Å². The van der Waals surface area contributed by atoms with Crippen molar-refractivity contribution < 1.29 is 35.7 Å². The topological polar surface area (TPSA) is 37.3 Å². The molecule has 0 aliphatic heterocycles. The molecule has 4 heteroatoms. The summed E-state index contributed by atoms with van der Waals surface area (Å²) in [5.41, 5.74) is 0. The van der Waals surface area contributed by atoms with Crippen molar-refractivity contribution in [2.45, 2.75) is 0 Å². The molecular formula is HO2PZr. The minimum Gasteiger partial charge on any atom is -0.310 e. The van der Waals surface area contributed by atoms with Crippen LogP contribution in [0.15, 0.2) is 0 Å². The second-order valence-corrected chi connectivity index (χ2v) is 0.245. The van der Waals surface area contributed by atoms with Crippen molar-refractivity contribution in [2.75, 3.05) is 0 Å². The van der Waals surface area contributed by atoms with Gasteiger partial charge in [-0.05, 0) is 0 Å². The Morgan fingerprint density at radius 3 is 1.75 bits per heavy atom. The average molecular weight is 155 g/mol. The maximum Gasteiger partial charge on any atom is 0.324 e. The molecule has 2 nitrogen and oxygen atoms in total. The zero-order valence-corrected chi connectivity index (χ0v) is 5.16. The SMILES string of the molecule is O=PO.[Zr]. The molecule has 4 heavy (non-hydrogen) atoms. The van der Waals surface area contributed by atoms with E-state index in [0.29, 0.717) is 0 Å². The van der Waals surface area contributed by atoms with Crippen LogP contribution in [0.3, 0.4) is 0 Å². The second-order valence-electron chi connectivity index (χ2n) is 0.0816. The van der Waals surface area contributed by atoms with Gasteiger partial charge in [0.25, 0.3) is 0 Å². The normalized spacial score (nSPS) is 5.25. The Kier molecular flexibility index (Phi) is 20.1. The standard InChI is InChI=1S/HO2P.Zr/c1-3-2;/h(H,1,2);. The van der Waals surface area contributed by atoms with E-state index in [4.69, 9.17) is 9.46 Å². The molecule has 0 saturated carbocycles. The molecule has 0 unspecified atom stereocenters. The van der Waals surface area contributed by atoms with Crippen molar-refractivity contribution in [3.63, 3.8) is 0 Å². The molecule has 0 aliphatic carbocycles. The van der Waals surface area contributed by atoms with E-state index in [-0.39, 0.29) is 26.2 Å². The van der Waals surface area contributed by atoms with E-state index in [0.717, 1.165) is 0 Å². The van der Waals surface area contributed by atoms with Crippen molar-refractivity contribution in [1.82, 2.24) is 0 Å². The van der Waals surface area contributed by atoms with Crippen molar-refractivity contribution in [2.24, 2.45) is 0 Å². The third-order valence-corrected chi connectivity index (χ3v) is 0. The molecule has 0 aromatic rings. The molecule has 0 radical (unpaired) electrons. The summed E-state index contributed by atoms with van der Waals surface area (Å²) in [6, 6.07) is 0. The third kappa shape index (κ3) is 12.5. The van der Waals surface area contributed by atoms with E-state index < -0.39 is 8.69 Å². The van der Waals surface area contributed by atoms with E-state index in [1.807, 2.05) is 0 Å². The van der Waals surface area contributed by atoms with E-state index in [1.165, 1.54) is 0 Å². The predicted molar refractivity (Wildman–Crippen MR) is 9.83 cm³/mol. The molecule has 0 fully saturated rings. The molecule has 22 valence electrons. The fourth-order valence-corrected chi connectivity index (χ4v) is 0. The summed E-state index contributed by atoms with van der Waals surface area (Å²) in [6.07, 6.45) is 0. The first-order chi connectivity index (χ1) is 1.41. The summed E-state index contributed by atoms with van der Waals surface area (Å²) >= 11 is 0. The maximum atomic E-state index is 8.46. The number of hydrogen-bond acceptors (Lipinski definition) is 1. The molecule has 0 aromatic carbocycles. The fraction of sp³-hybridized carbons (Fsp3) is 0. The Bertz CT molecular complexity index is 13.5. The van der Waals surface area contributed by atoms with Crippen molar-refractivity contribution in [3.8, 4) is 0 Å². The Labute approximate surface area is 44.6 Å². The largest absolute Gasteiger partial charge is 0.324 e. The third-order valence-electron chi connectivity index (χ3n) is 0. The van der Waals surface area contributed by atoms with Gasteiger partial charge in [-0.1, -0.05) is 0 Å². The van der Waals surface area contributed by atoms with Gasteiger partial charge in [-0.25, -0.2) is 4.57 Å². The van der Waals surface area contributed by atoms with E-state index in [2.05, 4.69) is 0 Å². The Morgan fingerprint density at radius 2 is 1.75 bits per heavy atom. The molecule has 0 spiro atoms. The molecule has 0 aromatic heterocycles. The second kappa shape index (κ2) is 9.05. The van der Waals surface area contributed by atoms with Gasteiger partial charge in [0, 0.05) is 26.2 Å². The minimum absolute atomic E-state index is 0. The summed E-state index contributed by atoms with van der Waals surface area (Å²) in [5, 5.41) is 0. The van der Waals surface area contributed by atoms with Crippen LogP contribution in [0.4, 0.5) is 0 Å². The Morgan fingerprint density at radius 1 is 1.75 bits per heavy atom. The monoisotopic (exact) mass is 154 g/mol. The van der Waals surface area contributed by atoms with Gasteiger partial charge in [0.05, 0.1) is 0 Å². The Hall–Kier alpha value is 0.943. The molecule has 0 atom stereocenters. The summed E-state index contributed by atoms with van der Waals surface area (Å²) in [5.74, 6) is 0. The molecule has 0 saturated heterocycles. The van der Waals surface area contributed by atoms with Gasteiger partial charge in [-0.15, -0.1) is 0 Å². The van der Waals surface area contributed by atoms with E-state index in [1.54, 1.807) is 0 Å². The van der Waals surface area contributed by atoms with Crippen LogP contribution in [-0.4, -0.2) is 4.89 Å². The first-order valence-electron chi connectivity index (χ1n) is 0.383. The van der Waals surface area contributed by atoms with Gasteiger partial charge in [0.1, 0.15) is 0 Å². The number of rotatable bonds is 0. The minimum atomic E-state index is -0.833. The molecule has 0 heterocycles. The molecule has 0 aliphatic rings. The van der Waals surface area contributed by atoms with Crippen LogP contribution in [0, 0.1) is 0 Å².